The molecular weight excluding hydrogens is 442 g/mol. The number of rotatable bonds is 10. The second-order valence-electron chi connectivity index (χ2n) is 8.53. The molecule has 0 unspecified atom stereocenters. The second kappa shape index (κ2) is 11.9. The number of ether oxygens (including phenoxy) is 2. The summed E-state index contributed by atoms with van der Waals surface area (Å²) in [6.45, 7) is 5.35. The summed E-state index contributed by atoms with van der Waals surface area (Å²) in [6, 6.07) is 14.5. The lowest BCUT2D eigenvalue weighted by atomic mass is 9.79. The Bertz CT molecular complexity index is 882. The van der Waals surface area contributed by atoms with Crippen molar-refractivity contribution in [2.24, 2.45) is 5.41 Å². The van der Waals surface area contributed by atoms with Gasteiger partial charge >= 0.3 is 5.97 Å². The molecule has 0 spiro atoms. The number of esters is 1. The number of thioether (sulfide) groups is 1. The van der Waals surface area contributed by atoms with Crippen molar-refractivity contribution >= 4 is 40.7 Å². The molecule has 0 saturated carbocycles. The van der Waals surface area contributed by atoms with Crippen LogP contribution in [0.4, 0.5) is 11.4 Å². The van der Waals surface area contributed by atoms with E-state index in [-0.39, 0.29) is 12.0 Å². The van der Waals surface area contributed by atoms with E-state index >= 15 is 0 Å². The van der Waals surface area contributed by atoms with Gasteiger partial charge in [-0.25, -0.2) is 4.79 Å². The lowest BCUT2D eigenvalue weighted by Crippen LogP contribution is -2.36. The van der Waals surface area contributed by atoms with Gasteiger partial charge < -0.3 is 14.4 Å². The number of hydrogen-bond donors (Lipinski definition) is 0. The van der Waals surface area contributed by atoms with Crippen LogP contribution in [0.3, 0.4) is 0 Å². The zero-order valence-corrected chi connectivity index (χ0v) is 20.9. The number of methoxy groups -OCH3 is 1. The number of hydrogen-bond acceptors (Lipinski definition) is 5. The molecule has 4 nitrogen and oxygen atoms in total. The van der Waals surface area contributed by atoms with Crippen molar-refractivity contribution in [1.82, 2.24) is 0 Å². The molecule has 0 aromatic heterocycles. The zero-order chi connectivity index (χ0) is 23.0. The molecule has 1 aliphatic rings. The Hall–Kier alpha value is -1.85. The average Bonchev–Trinajstić information content (AvgIpc) is 2.97. The largest absolute Gasteiger partial charge is 0.480 e. The summed E-state index contributed by atoms with van der Waals surface area (Å²) < 4.78 is 10.4. The molecule has 0 radical (unpaired) electrons. The smallest absolute Gasteiger partial charge is 0.343 e. The highest BCUT2D eigenvalue weighted by Gasteiger charge is 2.36. The zero-order valence-electron chi connectivity index (χ0n) is 19.4. The molecule has 0 fully saturated rings. The van der Waals surface area contributed by atoms with E-state index < -0.39 is 5.97 Å². The molecule has 0 amide bonds. The van der Waals surface area contributed by atoms with Crippen LogP contribution in [0.5, 0.6) is 5.75 Å². The monoisotopic (exact) mass is 475 g/mol. The predicted molar refractivity (Wildman–Crippen MR) is 135 cm³/mol. The summed E-state index contributed by atoms with van der Waals surface area (Å²) in [6.07, 6.45) is 7.30. The first-order valence-electron chi connectivity index (χ1n) is 11.5. The number of nitrogens with zero attached hydrogens (tertiary/aromatic N) is 1. The van der Waals surface area contributed by atoms with Crippen molar-refractivity contribution in [3.05, 3.63) is 47.5 Å². The molecule has 1 aliphatic heterocycles. The van der Waals surface area contributed by atoms with Crippen LogP contribution in [-0.2, 0) is 9.53 Å². The number of para-hydroxylation sites is 1. The molecule has 0 aliphatic carbocycles. The van der Waals surface area contributed by atoms with Gasteiger partial charge in [0, 0.05) is 22.9 Å². The van der Waals surface area contributed by atoms with Gasteiger partial charge in [0.15, 0.2) is 6.61 Å². The summed E-state index contributed by atoms with van der Waals surface area (Å²) in [5, 5.41) is 0.504. The molecule has 0 atom stereocenters. The fourth-order valence-corrected chi connectivity index (χ4v) is 5.78. The minimum atomic E-state index is -0.423. The fourth-order valence-electron chi connectivity index (χ4n) is 4.22. The highest BCUT2D eigenvalue weighted by atomic mass is 35.5. The van der Waals surface area contributed by atoms with Gasteiger partial charge in [-0.15, -0.1) is 11.8 Å². The summed E-state index contributed by atoms with van der Waals surface area (Å²) >= 11 is 8.50. The van der Waals surface area contributed by atoms with Gasteiger partial charge in [-0.1, -0.05) is 69.3 Å². The van der Waals surface area contributed by atoms with Crippen LogP contribution in [0.15, 0.2) is 47.4 Å². The maximum Gasteiger partial charge on any atom is 0.343 e. The first kappa shape index (κ1) is 24.8. The normalized spacial score (nSPS) is 15.1. The SMILES string of the molecule is CCCCC1(CCCC)CSc2cc(OCC(=O)OC)c(Cl)cc2N(c2ccccc2)C1. The topological polar surface area (TPSA) is 38.8 Å². The van der Waals surface area contributed by atoms with Crippen LogP contribution in [0.1, 0.15) is 52.4 Å². The third-order valence-electron chi connectivity index (χ3n) is 6.09. The Morgan fingerprint density at radius 2 is 1.81 bits per heavy atom. The van der Waals surface area contributed by atoms with Crippen molar-refractivity contribution in [2.75, 3.05) is 30.9 Å². The third-order valence-corrected chi connectivity index (χ3v) is 7.78. The van der Waals surface area contributed by atoms with Crippen LogP contribution in [-0.4, -0.2) is 32.0 Å². The molecule has 3 rings (SSSR count). The van der Waals surface area contributed by atoms with E-state index in [1.54, 1.807) is 0 Å². The Kier molecular flexibility index (Phi) is 9.18. The van der Waals surface area contributed by atoms with Gasteiger partial charge in [0.25, 0.3) is 0 Å². The van der Waals surface area contributed by atoms with E-state index in [0.29, 0.717) is 10.8 Å². The number of halogens is 1. The van der Waals surface area contributed by atoms with E-state index in [0.717, 1.165) is 22.9 Å². The molecule has 0 saturated heterocycles. The summed E-state index contributed by atoms with van der Waals surface area (Å²) in [5.41, 5.74) is 2.50. The number of anilines is 2. The fraction of sp³-hybridized carbons (Fsp3) is 0.500. The van der Waals surface area contributed by atoms with Crippen LogP contribution >= 0.6 is 23.4 Å². The molecule has 32 heavy (non-hydrogen) atoms. The maximum atomic E-state index is 11.6. The van der Waals surface area contributed by atoms with Crippen molar-refractivity contribution in [1.29, 1.82) is 0 Å². The predicted octanol–water partition coefficient (Wildman–Crippen LogP) is 7.50. The van der Waals surface area contributed by atoms with E-state index in [9.17, 15) is 4.79 Å². The van der Waals surface area contributed by atoms with Crippen LogP contribution < -0.4 is 9.64 Å². The van der Waals surface area contributed by atoms with Crippen LogP contribution in [0.25, 0.3) is 0 Å². The van der Waals surface area contributed by atoms with Crippen molar-refractivity contribution in [3.8, 4) is 5.75 Å². The van der Waals surface area contributed by atoms with Crippen LogP contribution in [0, 0.1) is 5.41 Å². The first-order chi connectivity index (χ1) is 15.5. The van der Waals surface area contributed by atoms with Gasteiger partial charge in [-0.05, 0) is 42.5 Å². The molecule has 0 bridgehead atoms. The second-order valence-corrected chi connectivity index (χ2v) is 9.96. The Morgan fingerprint density at radius 3 is 2.44 bits per heavy atom. The van der Waals surface area contributed by atoms with Gasteiger partial charge in [-0.3, -0.25) is 0 Å². The average molecular weight is 476 g/mol. The number of carbonyl (C=O) groups is 1. The molecule has 174 valence electrons. The number of unbranched alkanes of at least 4 members (excludes halogenated alkanes) is 2. The lowest BCUT2D eigenvalue weighted by molar-refractivity contribution is -0.142. The molecular formula is C26H34ClNO3S. The standard InChI is InChI=1S/C26H34ClNO3S/c1-4-6-13-26(14-7-5-2)18-28(20-11-9-8-10-12-20)22-15-21(27)23(16-24(22)32-19-26)31-17-25(29)30-3/h8-12,15-16H,4-7,13-14,17-19H2,1-3H3. The van der Waals surface area contributed by atoms with Gasteiger partial charge in [-0.2, -0.15) is 0 Å². The highest BCUT2D eigenvalue weighted by Crippen LogP contribution is 2.49. The van der Waals surface area contributed by atoms with E-state index in [2.05, 4.69) is 49.1 Å². The van der Waals surface area contributed by atoms with Crippen LogP contribution in [0.2, 0.25) is 5.02 Å². The van der Waals surface area contributed by atoms with Gasteiger partial charge in [0.1, 0.15) is 5.75 Å². The molecule has 0 N–H and O–H groups in total. The number of fused-ring (bicyclic) bond motifs is 1. The first-order valence-corrected chi connectivity index (χ1v) is 12.9. The Labute approximate surface area is 201 Å². The molecule has 2 aromatic carbocycles. The summed E-state index contributed by atoms with van der Waals surface area (Å²) in [7, 11) is 1.35. The minimum absolute atomic E-state index is 0.154. The Balaban J connectivity index is 2.01. The maximum absolute atomic E-state index is 11.6. The van der Waals surface area contributed by atoms with E-state index in [1.165, 1.54) is 51.3 Å². The van der Waals surface area contributed by atoms with Crippen molar-refractivity contribution in [3.63, 3.8) is 0 Å². The summed E-state index contributed by atoms with van der Waals surface area (Å²) in [5.74, 6) is 1.15. The Morgan fingerprint density at radius 1 is 1.12 bits per heavy atom. The summed E-state index contributed by atoms with van der Waals surface area (Å²) in [4.78, 5) is 15.1. The van der Waals surface area contributed by atoms with E-state index in [4.69, 9.17) is 21.1 Å². The van der Waals surface area contributed by atoms with Crippen molar-refractivity contribution in [2.45, 2.75) is 57.3 Å². The van der Waals surface area contributed by atoms with Gasteiger partial charge in [0.2, 0.25) is 0 Å². The quantitative estimate of drug-likeness (QED) is 0.332. The molecule has 1 heterocycles. The number of carbonyl (C=O) groups excluding carboxylic acids is 1. The van der Waals surface area contributed by atoms with Gasteiger partial charge in [0.05, 0.1) is 17.8 Å². The lowest BCUT2D eigenvalue weighted by Gasteiger charge is -2.37. The minimum Gasteiger partial charge on any atom is -0.480 e. The van der Waals surface area contributed by atoms with E-state index in [1.807, 2.05) is 23.9 Å². The van der Waals surface area contributed by atoms with Crippen molar-refractivity contribution < 1.29 is 14.3 Å². The number of benzene rings is 2. The highest BCUT2D eigenvalue weighted by molar-refractivity contribution is 7.99. The third kappa shape index (κ3) is 6.14. The molecule has 6 heteroatoms. The molecule has 2 aromatic rings.